The molecule has 1 aromatic heterocycles. The van der Waals surface area contributed by atoms with Gasteiger partial charge in [-0.05, 0) is 72.6 Å². The van der Waals surface area contributed by atoms with E-state index in [2.05, 4.69) is 15.6 Å². The average Bonchev–Trinajstić information content (AvgIpc) is 3.07. The number of aliphatic carboxylic acids is 1. The van der Waals surface area contributed by atoms with Crippen molar-refractivity contribution in [3.05, 3.63) is 113 Å². The highest BCUT2D eigenvalue weighted by Gasteiger charge is 2.27. The van der Waals surface area contributed by atoms with E-state index >= 15 is 0 Å². The third kappa shape index (κ3) is 8.51. The van der Waals surface area contributed by atoms with Crippen molar-refractivity contribution in [1.82, 2.24) is 9.88 Å². The van der Waals surface area contributed by atoms with E-state index in [0.29, 0.717) is 34.1 Å². The molecule has 0 bridgehead atoms. The van der Waals surface area contributed by atoms with Crippen LogP contribution in [0.25, 0.3) is 0 Å². The fourth-order valence-electron chi connectivity index (χ4n) is 4.90. The highest BCUT2D eigenvalue weighted by atomic mass is 16.5. The van der Waals surface area contributed by atoms with Crippen molar-refractivity contribution < 1.29 is 33.8 Å². The Morgan fingerprint density at radius 3 is 2.17 bits per heavy atom. The Morgan fingerprint density at radius 1 is 0.896 bits per heavy atom. The van der Waals surface area contributed by atoms with Crippen molar-refractivity contribution in [1.29, 1.82) is 0 Å². The first kappa shape index (κ1) is 34.6. The molecule has 0 aliphatic heterocycles. The van der Waals surface area contributed by atoms with Crippen molar-refractivity contribution >= 4 is 46.8 Å². The number of amides is 5. The number of ether oxygens (including phenoxy) is 1. The summed E-state index contributed by atoms with van der Waals surface area (Å²) in [6, 6.07) is 20.0. The van der Waals surface area contributed by atoms with Gasteiger partial charge in [0.05, 0.1) is 49.3 Å². The molecule has 248 valence electrons. The van der Waals surface area contributed by atoms with E-state index in [1.54, 1.807) is 43.4 Å². The number of primary amides is 1. The monoisotopic (exact) mass is 652 g/mol. The fraction of sp³-hybridized carbons (Fsp3) is 0.200. The molecule has 13 nitrogen and oxygen atoms in total. The molecule has 5 N–H and O–H groups in total. The number of aromatic nitrogens is 1. The van der Waals surface area contributed by atoms with E-state index in [4.69, 9.17) is 10.5 Å². The van der Waals surface area contributed by atoms with E-state index < -0.39 is 36.3 Å². The highest BCUT2D eigenvalue weighted by Crippen LogP contribution is 2.28. The van der Waals surface area contributed by atoms with Crippen molar-refractivity contribution in [3.63, 3.8) is 0 Å². The summed E-state index contributed by atoms with van der Waals surface area (Å²) in [5.74, 6) is -2.13. The van der Waals surface area contributed by atoms with Gasteiger partial charge in [0.1, 0.15) is 5.75 Å². The first-order chi connectivity index (χ1) is 22.9. The normalized spacial score (nSPS) is 11.2. The first-order valence-electron chi connectivity index (χ1n) is 14.8. The van der Waals surface area contributed by atoms with Crippen LogP contribution in [-0.4, -0.2) is 65.9 Å². The number of para-hydroxylation sites is 1. The minimum Gasteiger partial charge on any atom is -0.495 e. The van der Waals surface area contributed by atoms with E-state index in [9.17, 15) is 29.1 Å². The predicted molar refractivity (Wildman–Crippen MR) is 180 cm³/mol. The quantitative estimate of drug-likeness (QED) is 0.171. The van der Waals surface area contributed by atoms with Crippen molar-refractivity contribution in [2.75, 3.05) is 36.7 Å². The lowest BCUT2D eigenvalue weighted by Crippen LogP contribution is -2.33. The summed E-state index contributed by atoms with van der Waals surface area (Å²) in [7, 11) is 4.52. The Morgan fingerprint density at radius 2 is 1.56 bits per heavy atom. The summed E-state index contributed by atoms with van der Waals surface area (Å²) in [4.78, 5) is 69.1. The molecule has 0 fully saturated rings. The second kappa shape index (κ2) is 15.4. The number of carbonyl (C=O) groups is 5. The molecular formula is C35H36N6O7. The van der Waals surface area contributed by atoms with E-state index in [1.807, 2.05) is 25.1 Å². The molecule has 0 spiro atoms. The van der Waals surface area contributed by atoms with Gasteiger partial charge >= 0.3 is 12.0 Å². The summed E-state index contributed by atoms with van der Waals surface area (Å²) < 4.78 is 5.46. The molecule has 1 atom stereocenters. The third-order valence-electron chi connectivity index (χ3n) is 7.71. The van der Waals surface area contributed by atoms with Gasteiger partial charge in [-0.25, -0.2) is 4.79 Å². The number of urea groups is 1. The van der Waals surface area contributed by atoms with Gasteiger partial charge in [-0.1, -0.05) is 24.3 Å². The van der Waals surface area contributed by atoms with Gasteiger partial charge < -0.3 is 36.0 Å². The number of likely N-dealkylation sites (N-methyl/N-ethyl adjacent to an activating group) is 1. The lowest BCUT2D eigenvalue weighted by atomic mass is 10.0. The van der Waals surface area contributed by atoms with Gasteiger partial charge in [-0.15, -0.1) is 0 Å². The molecule has 0 radical (unpaired) electrons. The molecule has 48 heavy (non-hydrogen) atoms. The van der Waals surface area contributed by atoms with Crippen molar-refractivity contribution in [3.8, 4) is 5.75 Å². The average molecular weight is 653 g/mol. The van der Waals surface area contributed by atoms with Crippen LogP contribution in [0.1, 0.15) is 50.0 Å². The number of benzene rings is 3. The molecule has 4 rings (SSSR count). The number of nitrogens with zero attached hydrogens (tertiary/aromatic N) is 3. The van der Waals surface area contributed by atoms with Crippen molar-refractivity contribution in [2.24, 2.45) is 5.73 Å². The van der Waals surface area contributed by atoms with Gasteiger partial charge in [-0.2, -0.15) is 0 Å². The molecule has 3 aromatic carbocycles. The smallest absolute Gasteiger partial charge is 0.323 e. The molecular weight excluding hydrogens is 616 g/mol. The molecule has 0 saturated carbocycles. The number of nitrogens with two attached hydrogens (primary N) is 1. The number of pyridine rings is 1. The number of rotatable bonds is 12. The standard InChI is InChI=1S/C35H36N6O7/c1-21-7-5-6-8-26(21)38-35(47)39-28-15-9-22(17-30(28)48-4)18-31(42)40(2)25-14-16-27(37-20-25)29(19-32(43)44)41(3)34(46)24-12-10-23(11-13-24)33(36)45/h5-17,20,29H,18-19H2,1-4H3,(H2,36,45)(H,43,44)(H2,38,39,47). The Hall–Kier alpha value is -6.24. The van der Waals surface area contributed by atoms with Crippen LogP contribution in [-0.2, 0) is 16.0 Å². The lowest BCUT2D eigenvalue weighted by Gasteiger charge is -2.27. The van der Waals surface area contributed by atoms with E-state index in [0.717, 1.165) is 5.56 Å². The van der Waals surface area contributed by atoms with Crippen LogP contribution >= 0.6 is 0 Å². The zero-order valence-corrected chi connectivity index (χ0v) is 26.9. The van der Waals surface area contributed by atoms with Crippen LogP contribution in [0.4, 0.5) is 21.9 Å². The summed E-state index contributed by atoms with van der Waals surface area (Å²) in [5.41, 5.74) is 9.17. The summed E-state index contributed by atoms with van der Waals surface area (Å²) in [5, 5.41) is 15.1. The Labute approximate surface area is 277 Å². The molecule has 5 amide bonds. The molecule has 0 aliphatic rings. The first-order valence-corrected chi connectivity index (χ1v) is 14.8. The van der Waals surface area contributed by atoms with Gasteiger partial charge in [0.25, 0.3) is 5.91 Å². The van der Waals surface area contributed by atoms with Gasteiger partial charge in [0.2, 0.25) is 11.8 Å². The van der Waals surface area contributed by atoms with Gasteiger partial charge in [-0.3, -0.25) is 24.2 Å². The number of hydrogen-bond acceptors (Lipinski definition) is 7. The SMILES string of the molecule is COc1cc(CC(=O)N(C)c2ccc(C(CC(=O)O)N(C)C(=O)c3ccc(C(N)=O)cc3)nc2)ccc1NC(=O)Nc1ccccc1C. The maximum atomic E-state index is 13.2. The molecule has 1 heterocycles. The van der Waals surface area contributed by atoms with Crippen molar-refractivity contribution in [2.45, 2.75) is 25.8 Å². The predicted octanol–water partition coefficient (Wildman–Crippen LogP) is 4.64. The Balaban J connectivity index is 1.43. The molecule has 0 saturated heterocycles. The van der Waals surface area contributed by atoms with E-state index in [-0.39, 0.29) is 23.5 Å². The second-order valence-electron chi connectivity index (χ2n) is 11.0. The Bertz CT molecular complexity index is 1830. The summed E-state index contributed by atoms with van der Waals surface area (Å²) in [6.07, 6.45) is 1.03. The molecule has 0 aliphatic carbocycles. The maximum absolute atomic E-state index is 13.2. The van der Waals surface area contributed by atoms with Gasteiger partial charge in [0.15, 0.2) is 0 Å². The number of carboxylic acid groups (broad SMARTS) is 1. The third-order valence-corrected chi connectivity index (χ3v) is 7.71. The number of carbonyl (C=O) groups excluding carboxylic acids is 4. The van der Waals surface area contributed by atoms with Crippen LogP contribution in [0.15, 0.2) is 85.1 Å². The number of nitrogens with one attached hydrogen (secondary N) is 2. The van der Waals surface area contributed by atoms with Crippen LogP contribution in [0, 0.1) is 6.92 Å². The lowest BCUT2D eigenvalue weighted by molar-refractivity contribution is -0.138. The summed E-state index contributed by atoms with van der Waals surface area (Å²) >= 11 is 0. The largest absolute Gasteiger partial charge is 0.495 e. The Kier molecular flexibility index (Phi) is 11.1. The molecule has 4 aromatic rings. The van der Waals surface area contributed by atoms with Crippen LogP contribution in [0.3, 0.4) is 0 Å². The minimum absolute atomic E-state index is 0.0116. The number of carboxylic acids is 1. The minimum atomic E-state index is -1.13. The highest BCUT2D eigenvalue weighted by molar-refractivity contribution is 6.01. The second-order valence-corrected chi connectivity index (χ2v) is 11.0. The van der Waals surface area contributed by atoms with Crippen LogP contribution in [0.2, 0.25) is 0 Å². The topological polar surface area (TPSA) is 184 Å². The fourth-order valence-corrected chi connectivity index (χ4v) is 4.90. The number of hydrogen-bond donors (Lipinski definition) is 4. The molecule has 13 heteroatoms. The van der Waals surface area contributed by atoms with Gasteiger partial charge in [0, 0.05) is 30.9 Å². The van der Waals surface area contributed by atoms with E-state index in [1.165, 1.54) is 54.4 Å². The molecule has 1 unspecified atom stereocenters. The maximum Gasteiger partial charge on any atom is 0.323 e. The summed E-state index contributed by atoms with van der Waals surface area (Å²) in [6.45, 7) is 1.89. The zero-order chi connectivity index (χ0) is 35.0. The number of anilines is 3. The van der Waals surface area contributed by atoms with Crippen LogP contribution < -0.4 is 26.0 Å². The zero-order valence-electron chi connectivity index (χ0n) is 26.9. The van der Waals surface area contributed by atoms with Crippen LogP contribution in [0.5, 0.6) is 5.75 Å². The number of aryl methyl sites for hydroxylation is 1. The number of methoxy groups -OCH3 is 1.